The van der Waals surface area contributed by atoms with Gasteiger partial charge < -0.3 is 0 Å². The van der Waals surface area contributed by atoms with Gasteiger partial charge in [0.2, 0.25) is 11.7 Å². The van der Waals surface area contributed by atoms with Crippen molar-refractivity contribution in [3.63, 3.8) is 0 Å². The summed E-state index contributed by atoms with van der Waals surface area (Å²) >= 11 is 0. The van der Waals surface area contributed by atoms with E-state index in [9.17, 15) is 9.59 Å². The first-order valence-corrected chi connectivity index (χ1v) is 13.7. The lowest BCUT2D eigenvalue weighted by molar-refractivity contribution is -0.119. The molecule has 1 amide bonds. The van der Waals surface area contributed by atoms with Crippen LogP contribution in [0.1, 0.15) is 73.3 Å². The first kappa shape index (κ1) is 25.0. The van der Waals surface area contributed by atoms with Gasteiger partial charge in [0, 0.05) is 17.5 Å². The number of amides is 1. The number of carbonyl (C=O) groups excluding carboxylic acids is 1. The van der Waals surface area contributed by atoms with Gasteiger partial charge in [-0.15, -0.1) is 0 Å². The highest BCUT2D eigenvalue weighted by Gasteiger charge is 2.25. The first-order chi connectivity index (χ1) is 19.0. The Morgan fingerprint density at radius 1 is 1.08 bits per heavy atom. The number of carbonyl (C=O) groups is 1. The van der Waals surface area contributed by atoms with Crippen LogP contribution in [0.3, 0.4) is 0 Å². The van der Waals surface area contributed by atoms with E-state index in [2.05, 4.69) is 64.9 Å². The van der Waals surface area contributed by atoms with E-state index in [4.69, 9.17) is 5.10 Å². The van der Waals surface area contributed by atoms with Crippen LogP contribution in [0.2, 0.25) is 0 Å². The smallest absolute Gasteiger partial charge is 0.259 e. The van der Waals surface area contributed by atoms with Crippen molar-refractivity contribution in [2.75, 3.05) is 0 Å². The zero-order valence-corrected chi connectivity index (χ0v) is 22.4. The second kappa shape index (κ2) is 10.4. The van der Waals surface area contributed by atoms with E-state index in [1.54, 1.807) is 0 Å². The van der Waals surface area contributed by atoms with E-state index in [1.165, 1.54) is 0 Å². The average molecular weight is 521 g/mol. The summed E-state index contributed by atoms with van der Waals surface area (Å²) in [6.07, 6.45) is 9.57. The molecule has 6 rings (SSSR count). The molecule has 1 atom stereocenters. The number of benzene rings is 2. The van der Waals surface area contributed by atoms with Crippen molar-refractivity contribution >= 4 is 17.4 Å². The monoisotopic (exact) mass is 520 g/mol. The van der Waals surface area contributed by atoms with E-state index >= 15 is 0 Å². The maximum atomic E-state index is 14.2. The number of nitrogens with zero attached hydrogens (tertiary/aromatic N) is 5. The Hall–Kier alpha value is -4.33. The molecule has 0 radical (unpaired) electrons. The minimum atomic E-state index is -0.116. The molecule has 1 aliphatic carbocycles. The summed E-state index contributed by atoms with van der Waals surface area (Å²) in [6, 6.07) is 16.3. The average Bonchev–Trinajstić information content (AvgIpc) is 3.57. The van der Waals surface area contributed by atoms with Crippen LogP contribution in [0.25, 0.3) is 16.9 Å². The summed E-state index contributed by atoms with van der Waals surface area (Å²) in [4.78, 5) is 31.0. The van der Waals surface area contributed by atoms with Crippen LogP contribution in [0.15, 0.2) is 70.6 Å². The molecule has 2 aliphatic rings. The number of aromatic nitrogens is 4. The van der Waals surface area contributed by atoms with Gasteiger partial charge in [-0.05, 0) is 55.4 Å². The highest BCUT2D eigenvalue weighted by molar-refractivity contribution is 6.16. The zero-order valence-electron chi connectivity index (χ0n) is 22.4. The summed E-state index contributed by atoms with van der Waals surface area (Å²) in [5.41, 5.74) is 8.91. The van der Waals surface area contributed by atoms with Crippen LogP contribution in [0.5, 0.6) is 0 Å². The Kier molecular flexibility index (Phi) is 6.69. The van der Waals surface area contributed by atoms with E-state index in [1.807, 2.05) is 34.2 Å². The Morgan fingerprint density at radius 3 is 2.64 bits per heavy atom. The van der Waals surface area contributed by atoms with Crippen molar-refractivity contribution in [3.05, 3.63) is 99.2 Å². The van der Waals surface area contributed by atoms with E-state index in [-0.39, 0.29) is 23.9 Å². The van der Waals surface area contributed by atoms with Gasteiger partial charge in [-0.3, -0.25) is 14.2 Å². The van der Waals surface area contributed by atoms with Gasteiger partial charge in [-0.25, -0.2) is 9.94 Å². The normalized spacial score (nSPS) is 17.0. The van der Waals surface area contributed by atoms with Crippen LogP contribution in [-0.2, 0) is 17.6 Å². The Labute approximate surface area is 227 Å². The van der Waals surface area contributed by atoms with Gasteiger partial charge in [0.05, 0.1) is 23.9 Å². The molecule has 0 spiro atoms. The molecule has 1 unspecified atom stereocenters. The third-order valence-corrected chi connectivity index (χ3v) is 7.54. The van der Waals surface area contributed by atoms with Gasteiger partial charge >= 0.3 is 0 Å². The van der Waals surface area contributed by atoms with Gasteiger partial charge in [0.25, 0.3) is 5.56 Å². The molecule has 39 heavy (non-hydrogen) atoms. The highest BCUT2D eigenvalue weighted by atomic mass is 16.2. The van der Waals surface area contributed by atoms with Crippen LogP contribution in [0.4, 0.5) is 0 Å². The number of hydrogen-bond acceptors (Lipinski definition) is 5. The standard InChI is InChI=1S/C31H32N6O2/c1-3-10-28-26(30(39)36(23-13-8-5-9-14-23)31-32-20(2)35-37(28)31)18-21-15-16-24(22-11-6-4-7-12-22)25(17-21)27-19-29(38)34-33-27/h4,6-8,11-13,15-17,23H,3,5,9-10,14,18-19H2,1-2H3,(H,34,38). The third kappa shape index (κ3) is 4.71. The molecule has 0 saturated carbocycles. The van der Waals surface area contributed by atoms with Crippen molar-refractivity contribution in [1.29, 1.82) is 0 Å². The van der Waals surface area contributed by atoms with E-state index in [0.29, 0.717) is 23.7 Å². The lowest BCUT2D eigenvalue weighted by Gasteiger charge is -2.22. The lowest BCUT2D eigenvalue weighted by Crippen LogP contribution is -2.32. The molecule has 2 aromatic carbocycles. The number of rotatable bonds is 7. The van der Waals surface area contributed by atoms with E-state index < -0.39 is 0 Å². The quantitative estimate of drug-likeness (QED) is 0.350. The van der Waals surface area contributed by atoms with Crippen LogP contribution in [-0.4, -0.2) is 30.8 Å². The SMILES string of the molecule is CCCc1c(Cc2ccc(-c3ccccc3)c(C3=NNC(=O)C3)c2)c(=O)n(C2C=CCCC2)c2nc(C)nn12. The minimum Gasteiger partial charge on any atom is -0.273 e. The van der Waals surface area contributed by atoms with Gasteiger partial charge in [0.1, 0.15) is 5.82 Å². The molecule has 8 heteroatoms. The number of fused-ring (bicyclic) bond motifs is 1. The van der Waals surface area contributed by atoms with Gasteiger partial charge in [0.15, 0.2) is 0 Å². The molecule has 1 N–H and O–H groups in total. The molecular weight excluding hydrogens is 488 g/mol. The van der Waals surface area contributed by atoms with Crippen molar-refractivity contribution < 1.29 is 4.79 Å². The van der Waals surface area contributed by atoms with E-state index in [0.717, 1.165) is 65.6 Å². The van der Waals surface area contributed by atoms with Gasteiger partial charge in [-0.1, -0.05) is 68.0 Å². The fourth-order valence-electron chi connectivity index (χ4n) is 5.74. The maximum Gasteiger partial charge on any atom is 0.259 e. The Morgan fingerprint density at radius 2 is 1.92 bits per heavy atom. The molecule has 0 bridgehead atoms. The maximum absolute atomic E-state index is 14.2. The first-order valence-electron chi connectivity index (χ1n) is 13.7. The Balaban J connectivity index is 1.51. The molecule has 8 nitrogen and oxygen atoms in total. The summed E-state index contributed by atoms with van der Waals surface area (Å²) in [5.74, 6) is 1.16. The number of hydrogen-bond donors (Lipinski definition) is 1. The summed E-state index contributed by atoms with van der Waals surface area (Å²) in [6.45, 7) is 3.99. The van der Waals surface area contributed by atoms with Crippen LogP contribution < -0.4 is 11.0 Å². The zero-order chi connectivity index (χ0) is 26.9. The van der Waals surface area contributed by atoms with Crippen molar-refractivity contribution in [1.82, 2.24) is 24.6 Å². The second-order valence-corrected chi connectivity index (χ2v) is 10.3. The highest BCUT2D eigenvalue weighted by Crippen LogP contribution is 2.29. The van der Waals surface area contributed by atoms with Crippen molar-refractivity contribution in [2.45, 2.75) is 64.8 Å². The predicted octanol–water partition coefficient (Wildman–Crippen LogP) is 4.91. The van der Waals surface area contributed by atoms with Gasteiger partial charge in [-0.2, -0.15) is 15.2 Å². The second-order valence-electron chi connectivity index (χ2n) is 10.3. The summed E-state index contributed by atoms with van der Waals surface area (Å²) in [7, 11) is 0. The molecule has 198 valence electrons. The third-order valence-electron chi connectivity index (χ3n) is 7.54. The molecule has 2 aromatic heterocycles. The lowest BCUT2D eigenvalue weighted by atomic mass is 9.91. The number of aryl methyl sites for hydroxylation is 2. The number of hydrazone groups is 1. The number of nitrogens with one attached hydrogen (secondary N) is 1. The Bertz CT molecular complexity index is 1680. The molecule has 4 aromatic rings. The molecule has 3 heterocycles. The fourth-order valence-corrected chi connectivity index (χ4v) is 5.74. The largest absolute Gasteiger partial charge is 0.273 e. The molecule has 0 fully saturated rings. The summed E-state index contributed by atoms with van der Waals surface area (Å²) in [5, 5.41) is 9.06. The fraction of sp³-hybridized carbons (Fsp3) is 0.323. The predicted molar refractivity (Wildman–Crippen MR) is 152 cm³/mol. The topological polar surface area (TPSA) is 93.6 Å². The molecule has 0 saturated heterocycles. The minimum absolute atomic E-state index is 0.00126. The van der Waals surface area contributed by atoms with Crippen molar-refractivity contribution in [2.24, 2.45) is 5.10 Å². The summed E-state index contributed by atoms with van der Waals surface area (Å²) < 4.78 is 3.73. The number of allylic oxidation sites excluding steroid dienone is 2. The van der Waals surface area contributed by atoms with Crippen LogP contribution >= 0.6 is 0 Å². The van der Waals surface area contributed by atoms with Crippen LogP contribution in [0, 0.1) is 6.92 Å². The molecule has 1 aliphatic heterocycles. The molecular formula is C31H32N6O2. The van der Waals surface area contributed by atoms with Crippen molar-refractivity contribution in [3.8, 4) is 11.1 Å².